The molecule has 2 aromatic carbocycles. The van der Waals surface area contributed by atoms with Gasteiger partial charge in [0.15, 0.2) is 0 Å². The van der Waals surface area contributed by atoms with E-state index in [1.54, 1.807) is 43.5 Å². The smallest absolute Gasteiger partial charge is 0.278 e. The first kappa shape index (κ1) is 19.2. The quantitative estimate of drug-likeness (QED) is 0.563. The number of carbonyl (C=O) groups is 2. The van der Waals surface area contributed by atoms with Crippen molar-refractivity contribution in [3.05, 3.63) is 72.4 Å². The number of imide groups is 1. The van der Waals surface area contributed by atoms with Gasteiger partial charge in [0.05, 0.1) is 19.3 Å². The Balaban J connectivity index is 1.99. The standard InChI is InChI=1S/C22H22N2O4/c1-4-14-24-21(25)19(15-6-10-17(27-3)11-7-15)20(22(24)26)23-16-8-12-18(13-9-16)28-5-2/h4,6-13,23H,1,5,14H2,2-3H3. The van der Waals surface area contributed by atoms with Crippen LogP contribution in [0.25, 0.3) is 5.57 Å². The molecule has 1 heterocycles. The minimum absolute atomic E-state index is 0.145. The Kier molecular flexibility index (Phi) is 5.79. The van der Waals surface area contributed by atoms with E-state index < -0.39 is 0 Å². The first-order chi connectivity index (χ1) is 13.6. The van der Waals surface area contributed by atoms with Crippen LogP contribution in [0.5, 0.6) is 11.5 Å². The highest BCUT2D eigenvalue weighted by Gasteiger charge is 2.38. The Morgan fingerprint density at radius 2 is 1.64 bits per heavy atom. The van der Waals surface area contributed by atoms with Crippen LogP contribution < -0.4 is 14.8 Å². The van der Waals surface area contributed by atoms with E-state index in [-0.39, 0.29) is 24.1 Å². The third-order valence-corrected chi connectivity index (χ3v) is 4.29. The van der Waals surface area contributed by atoms with Gasteiger partial charge in [0, 0.05) is 12.2 Å². The Bertz CT molecular complexity index is 915. The largest absolute Gasteiger partial charge is 0.497 e. The third-order valence-electron chi connectivity index (χ3n) is 4.29. The predicted octanol–water partition coefficient (Wildman–Crippen LogP) is 3.47. The van der Waals surface area contributed by atoms with Crippen molar-refractivity contribution in [3.8, 4) is 11.5 Å². The van der Waals surface area contributed by atoms with Crippen molar-refractivity contribution in [2.75, 3.05) is 25.6 Å². The van der Waals surface area contributed by atoms with Gasteiger partial charge >= 0.3 is 0 Å². The first-order valence-corrected chi connectivity index (χ1v) is 8.94. The van der Waals surface area contributed by atoms with Gasteiger partial charge in [-0.2, -0.15) is 0 Å². The molecular formula is C22H22N2O4. The highest BCUT2D eigenvalue weighted by atomic mass is 16.5. The summed E-state index contributed by atoms with van der Waals surface area (Å²) in [5, 5.41) is 3.10. The maximum atomic E-state index is 12.9. The van der Waals surface area contributed by atoms with Gasteiger partial charge in [-0.25, -0.2) is 0 Å². The van der Waals surface area contributed by atoms with Crippen LogP contribution in [0.2, 0.25) is 0 Å². The zero-order chi connectivity index (χ0) is 20.1. The van der Waals surface area contributed by atoms with Crippen LogP contribution in [0, 0.1) is 0 Å². The Morgan fingerprint density at radius 3 is 2.21 bits per heavy atom. The summed E-state index contributed by atoms with van der Waals surface area (Å²) in [5.74, 6) is 0.665. The Labute approximate surface area is 164 Å². The molecule has 2 amide bonds. The highest BCUT2D eigenvalue weighted by molar-refractivity contribution is 6.36. The van der Waals surface area contributed by atoms with Crippen molar-refractivity contribution in [2.45, 2.75) is 6.92 Å². The molecule has 0 bridgehead atoms. The van der Waals surface area contributed by atoms with Crippen LogP contribution in [-0.4, -0.2) is 37.0 Å². The summed E-state index contributed by atoms with van der Waals surface area (Å²) in [6, 6.07) is 14.3. The second kappa shape index (κ2) is 8.43. The van der Waals surface area contributed by atoms with Gasteiger partial charge in [0.1, 0.15) is 17.2 Å². The topological polar surface area (TPSA) is 67.9 Å². The molecule has 3 rings (SSSR count). The average Bonchev–Trinajstić information content (AvgIpc) is 2.94. The summed E-state index contributed by atoms with van der Waals surface area (Å²) in [4.78, 5) is 27.0. The van der Waals surface area contributed by atoms with Gasteiger partial charge in [-0.1, -0.05) is 18.2 Å². The van der Waals surface area contributed by atoms with Gasteiger partial charge < -0.3 is 14.8 Å². The molecule has 0 fully saturated rings. The lowest BCUT2D eigenvalue weighted by Gasteiger charge is -2.12. The van der Waals surface area contributed by atoms with Crippen molar-refractivity contribution >= 4 is 23.1 Å². The molecule has 6 heteroatoms. The van der Waals surface area contributed by atoms with E-state index in [1.807, 2.05) is 19.1 Å². The molecule has 0 saturated carbocycles. The van der Waals surface area contributed by atoms with E-state index in [2.05, 4.69) is 11.9 Å². The molecular weight excluding hydrogens is 356 g/mol. The molecule has 0 spiro atoms. The van der Waals surface area contributed by atoms with Crippen LogP contribution in [0.15, 0.2) is 66.9 Å². The van der Waals surface area contributed by atoms with Crippen LogP contribution in [0.4, 0.5) is 5.69 Å². The number of hydrogen-bond acceptors (Lipinski definition) is 5. The second-order valence-electron chi connectivity index (χ2n) is 6.07. The predicted molar refractivity (Wildman–Crippen MR) is 108 cm³/mol. The number of carbonyl (C=O) groups excluding carboxylic acids is 2. The monoisotopic (exact) mass is 378 g/mol. The van der Waals surface area contributed by atoms with Crippen LogP contribution >= 0.6 is 0 Å². The van der Waals surface area contributed by atoms with Crippen LogP contribution in [-0.2, 0) is 9.59 Å². The zero-order valence-electron chi connectivity index (χ0n) is 15.9. The van der Waals surface area contributed by atoms with Gasteiger partial charge in [-0.05, 0) is 48.9 Å². The van der Waals surface area contributed by atoms with Crippen LogP contribution in [0.3, 0.4) is 0 Å². The number of nitrogens with zero attached hydrogens (tertiary/aromatic N) is 1. The molecule has 6 nitrogen and oxygen atoms in total. The lowest BCUT2D eigenvalue weighted by molar-refractivity contribution is -0.136. The van der Waals surface area contributed by atoms with Crippen molar-refractivity contribution in [2.24, 2.45) is 0 Å². The van der Waals surface area contributed by atoms with Gasteiger partial charge in [-0.3, -0.25) is 14.5 Å². The summed E-state index contributed by atoms with van der Waals surface area (Å²) in [7, 11) is 1.57. The summed E-state index contributed by atoms with van der Waals surface area (Å²) >= 11 is 0. The molecule has 0 atom stereocenters. The first-order valence-electron chi connectivity index (χ1n) is 8.94. The molecule has 0 aromatic heterocycles. The summed E-state index contributed by atoms with van der Waals surface area (Å²) in [5.41, 5.74) is 1.88. The van der Waals surface area contributed by atoms with E-state index in [4.69, 9.17) is 9.47 Å². The van der Waals surface area contributed by atoms with E-state index in [0.29, 0.717) is 29.2 Å². The van der Waals surface area contributed by atoms with E-state index in [9.17, 15) is 9.59 Å². The number of rotatable bonds is 8. The normalized spacial score (nSPS) is 13.7. The molecule has 0 aliphatic carbocycles. The molecule has 0 radical (unpaired) electrons. The SMILES string of the molecule is C=CCN1C(=O)C(Nc2ccc(OCC)cc2)=C(c2ccc(OC)cc2)C1=O. The molecule has 0 saturated heterocycles. The van der Waals surface area contributed by atoms with Gasteiger partial charge in [-0.15, -0.1) is 6.58 Å². The fraction of sp³-hybridized carbons (Fsp3) is 0.182. The number of anilines is 1. The number of ether oxygens (including phenoxy) is 2. The van der Waals surface area contributed by atoms with Crippen molar-refractivity contribution in [3.63, 3.8) is 0 Å². The fourth-order valence-corrected chi connectivity index (χ4v) is 2.96. The summed E-state index contributed by atoms with van der Waals surface area (Å²) < 4.78 is 10.6. The molecule has 1 aliphatic heterocycles. The van der Waals surface area contributed by atoms with Gasteiger partial charge in [0.25, 0.3) is 11.8 Å². The van der Waals surface area contributed by atoms with Crippen molar-refractivity contribution in [1.82, 2.24) is 4.90 Å². The molecule has 0 unspecified atom stereocenters. The van der Waals surface area contributed by atoms with Crippen LogP contribution in [0.1, 0.15) is 12.5 Å². The third kappa shape index (κ3) is 3.76. The maximum absolute atomic E-state index is 12.9. The number of benzene rings is 2. The highest BCUT2D eigenvalue weighted by Crippen LogP contribution is 2.31. The fourth-order valence-electron chi connectivity index (χ4n) is 2.96. The van der Waals surface area contributed by atoms with Crippen molar-refractivity contribution in [1.29, 1.82) is 0 Å². The number of nitrogens with one attached hydrogen (secondary N) is 1. The minimum atomic E-state index is -0.385. The molecule has 2 aromatic rings. The second-order valence-corrected chi connectivity index (χ2v) is 6.07. The number of methoxy groups -OCH3 is 1. The van der Waals surface area contributed by atoms with E-state index in [0.717, 1.165) is 5.75 Å². The zero-order valence-corrected chi connectivity index (χ0v) is 15.9. The Hall–Kier alpha value is -3.54. The molecule has 144 valence electrons. The lowest BCUT2D eigenvalue weighted by Crippen LogP contribution is -2.32. The Morgan fingerprint density at radius 1 is 1.00 bits per heavy atom. The summed E-state index contributed by atoms with van der Waals surface area (Å²) in [6.45, 7) is 6.26. The maximum Gasteiger partial charge on any atom is 0.278 e. The number of hydrogen-bond donors (Lipinski definition) is 1. The lowest BCUT2D eigenvalue weighted by atomic mass is 10.0. The molecule has 1 N–H and O–H groups in total. The summed E-state index contributed by atoms with van der Waals surface area (Å²) in [6.07, 6.45) is 1.53. The molecule has 1 aliphatic rings. The molecule has 28 heavy (non-hydrogen) atoms. The van der Waals surface area contributed by atoms with Crippen molar-refractivity contribution < 1.29 is 19.1 Å². The van der Waals surface area contributed by atoms with Gasteiger partial charge in [0.2, 0.25) is 0 Å². The minimum Gasteiger partial charge on any atom is -0.497 e. The average molecular weight is 378 g/mol. The number of amides is 2. The van der Waals surface area contributed by atoms with E-state index >= 15 is 0 Å². The van der Waals surface area contributed by atoms with E-state index in [1.165, 1.54) is 11.0 Å².